The highest BCUT2D eigenvalue weighted by Gasteiger charge is 2.22. The van der Waals surface area contributed by atoms with E-state index in [-0.39, 0.29) is 17.9 Å². The predicted octanol–water partition coefficient (Wildman–Crippen LogP) is 1.03. The van der Waals surface area contributed by atoms with E-state index < -0.39 is 0 Å². The topological polar surface area (TPSA) is 35.6 Å². The molecule has 0 unspecified atom stereocenters. The number of hydrogen-bond donors (Lipinski definition) is 1. The molecule has 4 heteroatoms. The molecule has 0 aromatic carbocycles. The lowest BCUT2D eigenvalue weighted by Crippen LogP contribution is -2.52. The van der Waals surface area contributed by atoms with E-state index in [2.05, 4.69) is 36.0 Å². The molecule has 0 aromatic rings. The molecule has 0 aromatic heterocycles. The summed E-state index contributed by atoms with van der Waals surface area (Å²) >= 11 is 0. The van der Waals surface area contributed by atoms with Crippen LogP contribution in [0.2, 0.25) is 0 Å². The van der Waals surface area contributed by atoms with Gasteiger partial charge in [0.25, 0.3) is 0 Å². The molecular formula is C14H29N3O. The van der Waals surface area contributed by atoms with Gasteiger partial charge in [-0.3, -0.25) is 9.69 Å². The first kappa shape index (κ1) is 15.4. The molecule has 0 radical (unpaired) electrons. The van der Waals surface area contributed by atoms with Crippen LogP contribution in [0.25, 0.3) is 0 Å². The van der Waals surface area contributed by atoms with Crippen LogP contribution in [-0.4, -0.2) is 61.5 Å². The van der Waals surface area contributed by atoms with Gasteiger partial charge in [-0.25, -0.2) is 0 Å². The summed E-state index contributed by atoms with van der Waals surface area (Å²) in [6, 6.07) is 0.267. The van der Waals surface area contributed by atoms with Gasteiger partial charge >= 0.3 is 0 Å². The van der Waals surface area contributed by atoms with E-state index in [1.165, 1.54) is 0 Å². The number of likely N-dealkylation sites (N-methyl/N-ethyl adjacent to an activating group) is 1. The Balaban J connectivity index is 2.45. The van der Waals surface area contributed by atoms with E-state index in [1.807, 2.05) is 13.8 Å². The number of piperazine rings is 1. The zero-order chi connectivity index (χ0) is 13.7. The van der Waals surface area contributed by atoms with Gasteiger partial charge in [0.1, 0.15) is 0 Å². The highest BCUT2D eigenvalue weighted by Crippen LogP contribution is 2.08. The standard InChI is InChI=1S/C14H29N3O/c1-11(2)13(15-14(18)12(3)4)10-17-8-6-16(5)7-9-17/h11-13H,6-10H2,1-5H3,(H,15,18)/t13-/m0/s1. The molecule has 1 fully saturated rings. The Morgan fingerprint density at radius 1 is 1.11 bits per heavy atom. The molecule has 1 rings (SSSR count). The molecule has 4 nitrogen and oxygen atoms in total. The quantitative estimate of drug-likeness (QED) is 0.797. The van der Waals surface area contributed by atoms with Crippen molar-refractivity contribution >= 4 is 5.91 Å². The monoisotopic (exact) mass is 255 g/mol. The van der Waals surface area contributed by atoms with Crippen molar-refractivity contribution in [2.24, 2.45) is 11.8 Å². The second kappa shape index (κ2) is 7.10. The fourth-order valence-electron chi connectivity index (χ4n) is 2.08. The molecule has 1 amide bonds. The number of carbonyl (C=O) groups is 1. The average molecular weight is 255 g/mol. The summed E-state index contributed by atoms with van der Waals surface area (Å²) < 4.78 is 0. The van der Waals surface area contributed by atoms with E-state index in [4.69, 9.17) is 0 Å². The summed E-state index contributed by atoms with van der Waals surface area (Å²) in [6.45, 7) is 13.7. The fraction of sp³-hybridized carbons (Fsp3) is 0.929. The summed E-state index contributed by atoms with van der Waals surface area (Å²) in [5.74, 6) is 0.717. The van der Waals surface area contributed by atoms with Gasteiger partial charge < -0.3 is 10.2 Å². The molecule has 106 valence electrons. The first-order valence-corrected chi connectivity index (χ1v) is 7.11. The lowest BCUT2D eigenvalue weighted by atomic mass is 10.0. The first-order valence-electron chi connectivity index (χ1n) is 7.11. The summed E-state index contributed by atoms with van der Waals surface area (Å²) in [5, 5.41) is 3.18. The minimum atomic E-state index is 0.0683. The van der Waals surface area contributed by atoms with Crippen molar-refractivity contribution in [1.29, 1.82) is 0 Å². The highest BCUT2D eigenvalue weighted by molar-refractivity contribution is 5.78. The van der Waals surface area contributed by atoms with Gasteiger partial charge in [0, 0.05) is 44.7 Å². The SMILES string of the molecule is CC(C)C(=O)N[C@@H](CN1CCN(C)CC1)C(C)C. The van der Waals surface area contributed by atoms with Crippen LogP contribution in [0.1, 0.15) is 27.7 Å². The molecule has 1 heterocycles. The van der Waals surface area contributed by atoms with E-state index in [9.17, 15) is 4.79 Å². The Bertz CT molecular complexity index is 258. The third kappa shape index (κ3) is 4.94. The molecule has 0 aliphatic carbocycles. The van der Waals surface area contributed by atoms with Crippen LogP contribution >= 0.6 is 0 Å². The molecule has 1 atom stereocenters. The molecule has 0 spiro atoms. The Hall–Kier alpha value is -0.610. The minimum Gasteiger partial charge on any atom is -0.352 e. The van der Waals surface area contributed by atoms with E-state index >= 15 is 0 Å². The predicted molar refractivity (Wildman–Crippen MR) is 75.5 cm³/mol. The highest BCUT2D eigenvalue weighted by atomic mass is 16.1. The van der Waals surface area contributed by atoms with Gasteiger partial charge in [-0.15, -0.1) is 0 Å². The first-order chi connectivity index (χ1) is 8.40. The Morgan fingerprint density at radius 3 is 2.11 bits per heavy atom. The molecule has 1 aliphatic rings. The maximum atomic E-state index is 11.8. The van der Waals surface area contributed by atoms with Crippen molar-refractivity contribution in [1.82, 2.24) is 15.1 Å². The zero-order valence-corrected chi connectivity index (χ0v) is 12.6. The Morgan fingerprint density at radius 2 is 1.67 bits per heavy atom. The fourth-order valence-corrected chi connectivity index (χ4v) is 2.08. The molecule has 1 aliphatic heterocycles. The largest absolute Gasteiger partial charge is 0.352 e. The second-order valence-corrected chi connectivity index (χ2v) is 6.12. The van der Waals surface area contributed by atoms with Gasteiger partial charge in [0.2, 0.25) is 5.91 Å². The van der Waals surface area contributed by atoms with Crippen molar-refractivity contribution in [3.8, 4) is 0 Å². The van der Waals surface area contributed by atoms with E-state index in [0.717, 1.165) is 32.7 Å². The van der Waals surface area contributed by atoms with Crippen molar-refractivity contribution in [2.75, 3.05) is 39.8 Å². The van der Waals surface area contributed by atoms with Crippen LogP contribution in [0.4, 0.5) is 0 Å². The van der Waals surface area contributed by atoms with Crippen LogP contribution < -0.4 is 5.32 Å². The second-order valence-electron chi connectivity index (χ2n) is 6.12. The molecule has 18 heavy (non-hydrogen) atoms. The summed E-state index contributed by atoms with van der Waals surface area (Å²) in [7, 11) is 2.16. The van der Waals surface area contributed by atoms with Gasteiger partial charge in [-0.2, -0.15) is 0 Å². The number of rotatable bonds is 5. The van der Waals surface area contributed by atoms with Gasteiger partial charge in [-0.1, -0.05) is 27.7 Å². The molecule has 1 N–H and O–H groups in total. The third-order valence-corrected chi connectivity index (χ3v) is 3.71. The molecule has 0 saturated carbocycles. The average Bonchev–Trinajstić information content (AvgIpc) is 2.30. The molecule has 1 saturated heterocycles. The van der Waals surface area contributed by atoms with Gasteiger partial charge in [-0.05, 0) is 13.0 Å². The molecule has 0 bridgehead atoms. The van der Waals surface area contributed by atoms with Gasteiger partial charge in [0.05, 0.1) is 0 Å². The van der Waals surface area contributed by atoms with Crippen LogP contribution in [-0.2, 0) is 4.79 Å². The number of amides is 1. The van der Waals surface area contributed by atoms with Crippen LogP contribution in [0, 0.1) is 11.8 Å². The molecular weight excluding hydrogens is 226 g/mol. The Kier molecular flexibility index (Phi) is 6.09. The van der Waals surface area contributed by atoms with E-state index in [1.54, 1.807) is 0 Å². The maximum Gasteiger partial charge on any atom is 0.222 e. The lowest BCUT2D eigenvalue weighted by molar-refractivity contribution is -0.125. The van der Waals surface area contributed by atoms with Crippen LogP contribution in [0.3, 0.4) is 0 Å². The van der Waals surface area contributed by atoms with E-state index in [0.29, 0.717) is 5.92 Å². The minimum absolute atomic E-state index is 0.0683. The smallest absolute Gasteiger partial charge is 0.222 e. The van der Waals surface area contributed by atoms with Crippen LogP contribution in [0.15, 0.2) is 0 Å². The van der Waals surface area contributed by atoms with Crippen molar-refractivity contribution < 1.29 is 4.79 Å². The van der Waals surface area contributed by atoms with Crippen molar-refractivity contribution in [2.45, 2.75) is 33.7 Å². The summed E-state index contributed by atoms with van der Waals surface area (Å²) in [5.41, 5.74) is 0. The third-order valence-electron chi connectivity index (χ3n) is 3.71. The van der Waals surface area contributed by atoms with Crippen LogP contribution in [0.5, 0.6) is 0 Å². The Labute approximate surface area is 112 Å². The zero-order valence-electron chi connectivity index (χ0n) is 12.6. The van der Waals surface area contributed by atoms with Crippen molar-refractivity contribution in [3.05, 3.63) is 0 Å². The number of carbonyl (C=O) groups excluding carboxylic acids is 1. The summed E-state index contributed by atoms with van der Waals surface area (Å²) in [6.07, 6.45) is 0. The van der Waals surface area contributed by atoms with Crippen molar-refractivity contribution in [3.63, 3.8) is 0 Å². The number of nitrogens with one attached hydrogen (secondary N) is 1. The summed E-state index contributed by atoms with van der Waals surface area (Å²) in [4.78, 5) is 16.6. The normalized spacial score (nSPS) is 20.4. The van der Waals surface area contributed by atoms with Gasteiger partial charge in [0.15, 0.2) is 0 Å². The number of nitrogens with zero attached hydrogens (tertiary/aromatic N) is 2. The lowest BCUT2D eigenvalue weighted by Gasteiger charge is -2.36. The maximum absolute atomic E-state index is 11.8. The number of hydrogen-bond acceptors (Lipinski definition) is 3.